The Bertz CT molecular complexity index is 762. The highest BCUT2D eigenvalue weighted by Gasteiger charge is 2.11. The van der Waals surface area contributed by atoms with E-state index in [1.807, 2.05) is 24.4 Å². The smallest absolute Gasteiger partial charge is 0.137 e. The zero-order valence-electron chi connectivity index (χ0n) is 13.1. The second-order valence-corrected chi connectivity index (χ2v) is 6.39. The van der Waals surface area contributed by atoms with E-state index in [2.05, 4.69) is 36.1 Å². The van der Waals surface area contributed by atoms with E-state index in [0.29, 0.717) is 6.42 Å². The number of hydrogen-bond donors (Lipinski definition) is 2. The van der Waals surface area contributed by atoms with Crippen LogP contribution >= 0.6 is 0 Å². The van der Waals surface area contributed by atoms with Gasteiger partial charge in [0.15, 0.2) is 0 Å². The van der Waals surface area contributed by atoms with Crippen LogP contribution in [0.3, 0.4) is 0 Å². The standard InChI is InChI=1S/C17H19N5/c1-17(2,3)11-22-14-6-15-13(5-4-12(7-18)8-19)9-20-16(15)21-10-14/h4,6,9-10,22H,5,11H2,1-3H3,(H,20,21). The first kappa shape index (κ1) is 15.6. The number of nitrogens with one attached hydrogen (secondary N) is 2. The van der Waals surface area contributed by atoms with Gasteiger partial charge in [0.2, 0.25) is 0 Å². The van der Waals surface area contributed by atoms with Crippen LogP contribution in [0.15, 0.2) is 30.1 Å². The van der Waals surface area contributed by atoms with Gasteiger partial charge in [-0.05, 0) is 23.5 Å². The number of anilines is 1. The Morgan fingerprint density at radius 2 is 2.09 bits per heavy atom. The number of rotatable bonds is 4. The number of aromatic nitrogens is 2. The SMILES string of the molecule is CC(C)(C)CNc1cnc2[nH]cc(CC=C(C#N)C#N)c2c1. The van der Waals surface area contributed by atoms with Gasteiger partial charge in [0.25, 0.3) is 0 Å². The highest BCUT2D eigenvalue weighted by molar-refractivity contribution is 5.83. The van der Waals surface area contributed by atoms with Gasteiger partial charge in [-0.3, -0.25) is 0 Å². The number of allylic oxidation sites excluding steroid dienone is 2. The lowest BCUT2D eigenvalue weighted by atomic mass is 9.97. The molecule has 0 amide bonds. The zero-order valence-corrected chi connectivity index (χ0v) is 13.1. The van der Waals surface area contributed by atoms with Crippen molar-refractivity contribution in [1.82, 2.24) is 9.97 Å². The third-order valence-corrected chi connectivity index (χ3v) is 3.21. The van der Waals surface area contributed by atoms with Crippen LogP contribution in [0.5, 0.6) is 0 Å². The molecule has 0 aliphatic rings. The molecule has 0 fully saturated rings. The summed E-state index contributed by atoms with van der Waals surface area (Å²) in [5.41, 5.74) is 3.11. The minimum Gasteiger partial charge on any atom is -0.383 e. The molecule has 2 aromatic heterocycles. The Kier molecular flexibility index (Phi) is 4.48. The van der Waals surface area contributed by atoms with Gasteiger partial charge < -0.3 is 10.3 Å². The molecule has 22 heavy (non-hydrogen) atoms. The van der Waals surface area contributed by atoms with E-state index < -0.39 is 0 Å². The average Bonchev–Trinajstić information content (AvgIpc) is 2.88. The molecule has 0 radical (unpaired) electrons. The number of hydrogen-bond acceptors (Lipinski definition) is 4. The minimum atomic E-state index is 0.129. The number of nitrogens with zero attached hydrogens (tertiary/aromatic N) is 3. The Morgan fingerprint density at radius 1 is 1.36 bits per heavy atom. The van der Waals surface area contributed by atoms with Crippen molar-refractivity contribution in [2.75, 3.05) is 11.9 Å². The van der Waals surface area contributed by atoms with E-state index in [4.69, 9.17) is 10.5 Å². The molecule has 2 aromatic rings. The fourth-order valence-electron chi connectivity index (χ4n) is 2.02. The predicted octanol–water partition coefficient (Wildman–Crippen LogP) is 3.54. The Labute approximate surface area is 130 Å². The number of pyridine rings is 1. The number of fused-ring (bicyclic) bond motifs is 1. The molecule has 112 valence electrons. The van der Waals surface area contributed by atoms with E-state index in [9.17, 15) is 0 Å². The van der Waals surface area contributed by atoms with Crippen molar-refractivity contribution < 1.29 is 0 Å². The molecule has 0 aliphatic heterocycles. The first-order valence-electron chi connectivity index (χ1n) is 7.13. The van der Waals surface area contributed by atoms with Crippen molar-refractivity contribution in [2.24, 2.45) is 5.41 Å². The summed E-state index contributed by atoms with van der Waals surface area (Å²) in [6.45, 7) is 7.37. The molecule has 5 heteroatoms. The van der Waals surface area contributed by atoms with E-state index in [-0.39, 0.29) is 11.0 Å². The summed E-state index contributed by atoms with van der Waals surface area (Å²) in [5.74, 6) is 0. The number of H-pyrrole nitrogens is 1. The van der Waals surface area contributed by atoms with Gasteiger partial charge >= 0.3 is 0 Å². The molecule has 0 bridgehead atoms. The van der Waals surface area contributed by atoms with Crippen LogP contribution in [0, 0.1) is 28.1 Å². The van der Waals surface area contributed by atoms with Crippen molar-refractivity contribution in [3.63, 3.8) is 0 Å². The lowest BCUT2D eigenvalue weighted by molar-refractivity contribution is 0.443. The van der Waals surface area contributed by atoms with Crippen molar-refractivity contribution in [2.45, 2.75) is 27.2 Å². The highest BCUT2D eigenvalue weighted by Crippen LogP contribution is 2.22. The van der Waals surface area contributed by atoms with Crippen molar-refractivity contribution >= 4 is 16.7 Å². The van der Waals surface area contributed by atoms with Crippen LogP contribution in [0.25, 0.3) is 11.0 Å². The molecule has 2 N–H and O–H groups in total. The molecule has 0 atom stereocenters. The summed E-state index contributed by atoms with van der Waals surface area (Å²) in [6.07, 6.45) is 5.84. The van der Waals surface area contributed by atoms with Gasteiger partial charge in [-0.1, -0.05) is 26.8 Å². The first-order valence-corrected chi connectivity index (χ1v) is 7.13. The quantitative estimate of drug-likeness (QED) is 0.844. The summed E-state index contributed by atoms with van der Waals surface area (Å²) < 4.78 is 0. The Balaban J connectivity index is 2.24. The maximum absolute atomic E-state index is 8.79. The van der Waals surface area contributed by atoms with Crippen molar-refractivity contribution in [3.05, 3.63) is 35.7 Å². The van der Waals surface area contributed by atoms with E-state index in [0.717, 1.165) is 28.8 Å². The lowest BCUT2D eigenvalue weighted by Crippen LogP contribution is -2.19. The van der Waals surface area contributed by atoms with Crippen molar-refractivity contribution in [1.29, 1.82) is 10.5 Å². The maximum Gasteiger partial charge on any atom is 0.137 e. The van der Waals surface area contributed by atoms with Gasteiger partial charge in [-0.25, -0.2) is 4.98 Å². The van der Waals surface area contributed by atoms with Crippen LogP contribution in [-0.2, 0) is 6.42 Å². The molecular formula is C17H19N5. The first-order chi connectivity index (χ1) is 10.4. The normalized spacial score (nSPS) is 10.8. The fraction of sp³-hybridized carbons (Fsp3) is 0.353. The summed E-state index contributed by atoms with van der Waals surface area (Å²) in [6, 6.07) is 5.79. The van der Waals surface area contributed by atoms with E-state index in [1.54, 1.807) is 12.3 Å². The molecule has 2 heterocycles. The zero-order chi connectivity index (χ0) is 16.2. The second kappa shape index (κ2) is 6.32. The summed E-state index contributed by atoms with van der Waals surface area (Å²) >= 11 is 0. The lowest BCUT2D eigenvalue weighted by Gasteiger charge is -2.19. The van der Waals surface area contributed by atoms with Gasteiger partial charge in [0, 0.05) is 18.1 Å². The van der Waals surface area contributed by atoms with Crippen LogP contribution in [0.1, 0.15) is 26.3 Å². The van der Waals surface area contributed by atoms with Gasteiger partial charge in [0.05, 0.1) is 11.9 Å². The molecular weight excluding hydrogens is 274 g/mol. The molecule has 2 rings (SSSR count). The second-order valence-electron chi connectivity index (χ2n) is 6.39. The fourth-order valence-corrected chi connectivity index (χ4v) is 2.02. The minimum absolute atomic E-state index is 0.129. The largest absolute Gasteiger partial charge is 0.383 e. The maximum atomic E-state index is 8.79. The molecule has 0 aromatic carbocycles. The molecule has 0 unspecified atom stereocenters. The molecule has 5 nitrogen and oxygen atoms in total. The van der Waals surface area contributed by atoms with Gasteiger partial charge in [-0.2, -0.15) is 10.5 Å². The molecule has 0 saturated carbocycles. The van der Waals surface area contributed by atoms with Gasteiger partial charge in [0.1, 0.15) is 23.4 Å². The third-order valence-electron chi connectivity index (χ3n) is 3.21. The van der Waals surface area contributed by atoms with Crippen LogP contribution < -0.4 is 5.32 Å². The monoisotopic (exact) mass is 293 g/mol. The predicted molar refractivity (Wildman–Crippen MR) is 87.1 cm³/mol. The van der Waals surface area contributed by atoms with E-state index in [1.165, 1.54) is 0 Å². The summed E-state index contributed by atoms with van der Waals surface area (Å²) in [5, 5.41) is 22.0. The average molecular weight is 293 g/mol. The van der Waals surface area contributed by atoms with Crippen LogP contribution in [0.4, 0.5) is 5.69 Å². The third kappa shape index (κ3) is 3.86. The van der Waals surface area contributed by atoms with Crippen LogP contribution in [0.2, 0.25) is 0 Å². The molecule has 0 saturated heterocycles. The molecule has 0 spiro atoms. The van der Waals surface area contributed by atoms with E-state index >= 15 is 0 Å². The Hall–Kier alpha value is -2.79. The number of aromatic amines is 1. The van der Waals surface area contributed by atoms with Gasteiger partial charge in [-0.15, -0.1) is 0 Å². The summed E-state index contributed by atoms with van der Waals surface area (Å²) in [7, 11) is 0. The summed E-state index contributed by atoms with van der Waals surface area (Å²) in [4.78, 5) is 7.51. The topological polar surface area (TPSA) is 88.3 Å². The highest BCUT2D eigenvalue weighted by atomic mass is 14.9. The van der Waals surface area contributed by atoms with Crippen LogP contribution in [-0.4, -0.2) is 16.5 Å². The Morgan fingerprint density at radius 3 is 2.73 bits per heavy atom. The van der Waals surface area contributed by atoms with Crippen molar-refractivity contribution in [3.8, 4) is 12.1 Å². The number of nitriles is 2. The molecule has 0 aliphatic carbocycles.